The van der Waals surface area contributed by atoms with Gasteiger partial charge < -0.3 is 5.32 Å². The van der Waals surface area contributed by atoms with E-state index >= 15 is 0 Å². The van der Waals surface area contributed by atoms with Gasteiger partial charge in [0.05, 0.1) is 0 Å². The fraction of sp³-hybridized carbons (Fsp3) is 1.00. The first-order chi connectivity index (χ1) is 5.27. The van der Waals surface area contributed by atoms with Gasteiger partial charge in [0, 0.05) is 0 Å². The Balaban J connectivity index is 0. The van der Waals surface area contributed by atoms with Crippen molar-refractivity contribution < 1.29 is 0 Å². The van der Waals surface area contributed by atoms with Gasteiger partial charge in [-0.15, -0.1) is 0 Å². The molecule has 5 N–H and O–H groups in total. The van der Waals surface area contributed by atoms with Crippen molar-refractivity contribution in [1.82, 2.24) is 5.32 Å². The van der Waals surface area contributed by atoms with Crippen LogP contribution in [0.15, 0.2) is 0 Å². The second-order valence-electron chi connectivity index (χ2n) is 2.95. The minimum Gasteiger partial charge on any atom is -0.316 e. The average Bonchev–Trinajstić information content (AvgIpc) is 2.02. The number of unbranched alkanes of at least 4 members (excludes halogenated alkanes) is 1. The quantitative estimate of drug-likeness (QED) is 0.318. The van der Waals surface area contributed by atoms with E-state index in [0.717, 1.165) is 5.92 Å². The predicted molar refractivity (Wildman–Crippen MR) is 51.0 cm³/mol. The van der Waals surface area contributed by atoms with Crippen LogP contribution in [-0.4, -0.2) is 13.1 Å². The Morgan fingerprint density at radius 1 is 1.27 bits per heavy atom. The first-order valence-electron chi connectivity index (χ1n) is 4.31. The molecule has 0 saturated carbocycles. The molecule has 3 heteroatoms. The van der Waals surface area contributed by atoms with E-state index in [4.69, 9.17) is 0 Å². The molecule has 0 aromatic carbocycles. The Kier molecular flexibility index (Phi) is 15.4. The molecule has 0 aliphatic carbocycles. The highest BCUT2D eigenvalue weighted by molar-refractivity contribution is 4.49. The second kappa shape index (κ2) is 12.5. The van der Waals surface area contributed by atoms with E-state index in [9.17, 15) is 0 Å². The third kappa shape index (κ3) is 17.7. The zero-order chi connectivity index (χ0) is 9.11. The lowest BCUT2D eigenvalue weighted by atomic mass is 10.2. The van der Waals surface area contributed by atoms with Crippen LogP contribution in [0.5, 0.6) is 0 Å². The summed E-state index contributed by atoms with van der Waals surface area (Å²) >= 11 is 0. The largest absolute Gasteiger partial charge is 0.316 e. The van der Waals surface area contributed by atoms with Crippen LogP contribution in [-0.2, 0) is 0 Å². The molecule has 0 fully saturated rings. The molecule has 0 unspecified atom stereocenters. The molecule has 0 aromatic rings. The van der Waals surface area contributed by atoms with Crippen LogP contribution in [0.25, 0.3) is 0 Å². The van der Waals surface area contributed by atoms with Gasteiger partial charge in [-0.3, -0.25) is 11.7 Å². The Bertz CT molecular complexity index is 55.3. The third-order valence-electron chi connectivity index (χ3n) is 1.26. The van der Waals surface area contributed by atoms with E-state index in [2.05, 4.69) is 37.8 Å². The SMILES string of the molecule is CCCCNCC(C)C.NN. The lowest BCUT2D eigenvalue weighted by molar-refractivity contribution is 0.540. The molecule has 70 valence electrons. The van der Waals surface area contributed by atoms with E-state index in [1.165, 1.54) is 25.9 Å². The summed E-state index contributed by atoms with van der Waals surface area (Å²) in [5.41, 5.74) is 0. The number of hydrogen-bond donors (Lipinski definition) is 3. The Labute approximate surface area is 70.5 Å². The van der Waals surface area contributed by atoms with Gasteiger partial charge in [0.15, 0.2) is 0 Å². The summed E-state index contributed by atoms with van der Waals surface area (Å²) in [6.07, 6.45) is 2.61. The van der Waals surface area contributed by atoms with E-state index < -0.39 is 0 Å². The second-order valence-corrected chi connectivity index (χ2v) is 2.95. The zero-order valence-electron chi connectivity index (χ0n) is 8.06. The highest BCUT2D eigenvalue weighted by atomic mass is 15.0. The average molecular weight is 161 g/mol. The minimum absolute atomic E-state index is 0.793. The van der Waals surface area contributed by atoms with Crippen LogP contribution in [0, 0.1) is 5.92 Å². The van der Waals surface area contributed by atoms with Crippen LogP contribution in [0.3, 0.4) is 0 Å². The van der Waals surface area contributed by atoms with Crippen LogP contribution >= 0.6 is 0 Å². The van der Waals surface area contributed by atoms with Gasteiger partial charge in [0.1, 0.15) is 0 Å². The smallest absolute Gasteiger partial charge is 0.00258 e. The van der Waals surface area contributed by atoms with Gasteiger partial charge in [0.25, 0.3) is 0 Å². The molecular formula is C8H23N3. The molecule has 3 nitrogen and oxygen atoms in total. The minimum atomic E-state index is 0.793. The molecule has 0 saturated heterocycles. The lowest BCUT2D eigenvalue weighted by Gasteiger charge is -2.05. The summed E-state index contributed by atoms with van der Waals surface area (Å²) in [7, 11) is 0. The van der Waals surface area contributed by atoms with E-state index in [1.807, 2.05) is 0 Å². The molecule has 0 radical (unpaired) electrons. The van der Waals surface area contributed by atoms with Crippen molar-refractivity contribution in [3.8, 4) is 0 Å². The number of hydrogen-bond acceptors (Lipinski definition) is 3. The highest BCUT2D eigenvalue weighted by Gasteiger charge is 1.89. The number of hydrazine groups is 1. The zero-order valence-corrected chi connectivity index (χ0v) is 8.06. The summed E-state index contributed by atoms with van der Waals surface area (Å²) in [6.45, 7) is 9.05. The van der Waals surface area contributed by atoms with Crippen molar-refractivity contribution in [2.24, 2.45) is 17.6 Å². The fourth-order valence-electron chi connectivity index (χ4n) is 0.693. The summed E-state index contributed by atoms with van der Waals surface area (Å²) in [5, 5.41) is 3.39. The molecule has 0 aromatic heterocycles. The van der Waals surface area contributed by atoms with Gasteiger partial charge in [-0.1, -0.05) is 27.2 Å². The van der Waals surface area contributed by atoms with Crippen molar-refractivity contribution >= 4 is 0 Å². The standard InChI is InChI=1S/C8H19N.H4N2/c1-4-5-6-9-7-8(2)3;1-2/h8-9H,4-7H2,1-3H3;1-2H2. The molecule has 0 spiro atoms. The number of nitrogens with one attached hydrogen (secondary N) is 1. The van der Waals surface area contributed by atoms with E-state index in [0.29, 0.717) is 0 Å². The van der Waals surface area contributed by atoms with Crippen molar-refractivity contribution in [2.75, 3.05) is 13.1 Å². The molecule has 0 aliphatic rings. The highest BCUT2D eigenvalue weighted by Crippen LogP contribution is 1.88. The van der Waals surface area contributed by atoms with Crippen molar-refractivity contribution in [1.29, 1.82) is 0 Å². The molecule has 0 rings (SSSR count). The normalized spacial score (nSPS) is 9.27. The van der Waals surface area contributed by atoms with Crippen molar-refractivity contribution in [2.45, 2.75) is 33.6 Å². The predicted octanol–water partition coefficient (Wildman–Crippen LogP) is 0.851. The van der Waals surface area contributed by atoms with Crippen molar-refractivity contribution in [3.05, 3.63) is 0 Å². The first kappa shape index (κ1) is 13.5. The van der Waals surface area contributed by atoms with E-state index in [-0.39, 0.29) is 0 Å². The molecule has 0 aliphatic heterocycles. The monoisotopic (exact) mass is 161 g/mol. The Morgan fingerprint density at radius 2 is 1.82 bits per heavy atom. The van der Waals surface area contributed by atoms with Gasteiger partial charge in [-0.05, 0) is 25.4 Å². The van der Waals surface area contributed by atoms with Gasteiger partial charge >= 0.3 is 0 Å². The molecule has 0 heterocycles. The third-order valence-corrected chi connectivity index (χ3v) is 1.26. The Morgan fingerprint density at radius 3 is 2.18 bits per heavy atom. The molecule has 0 atom stereocenters. The van der Waals surface area contributed by atoms with E-state index in [1.54, 1.807) is 0 Å². The molecule has 0 bridgehead atoms. The fourth-order valence-corrected chi connectivity index (χ4v) is 0.693. The summed E-state index contributed by atoms with van der Waals surface area (Å²) < 4.78 is 0. The first-order valence-corrected chi connectivity index (χ1v) is 4.31. The van der Waals surface area contributed by atoms with Gasteiger partial charge in [-0.2, -0.15) is 0 Å². The lowest BCUT2D eigenvalue weighted by Crippen LogP contribution is -2.20. The maximum absolute atomic E-state index is 4.00. The number of nitrogens with two attached hydrogens (primary N) is 2. The van der Waals surface area contributed by atoms with Crippen LogP contribution in [0.2, 0.25) is 0 Å². The van der Waals surface area contributed by atoms with Crippen LogP contribution in [0.4, 0.5) is 0 Å². The van der Waals surface area contributed by atoms with Crippen LogP contribution < -0.4 is 17.0 Å². The van der Waals surface area contributed by atoms with Gasteiger partial charge in [0.2, 0.25) is 0 Å². The maximum atomic E-state index is 4.00. The molecular weight excluding hydrogens is 138 g/mol. The summed E-state index contributed by atoms with van der Waals surface area (Å²) in [4.78, 5) is 0. The summed E-state index contributed by atoms with van der Waals surface area (Å²) in [6, 6.07) is 0. The molecule has 11 heavy (non-hydrogen) atoms. The maximum Gasteiger partial charge on any atom is -0.00258 e. The number of rotatable bonds is 5. The topological polar surface area (TPSA) is 64.1 Å². The Hall–Kier alpha value is -0.120. The molecule has 0 amide bonds. The van der Waals surface area contributed by atoms with Crippen LogP contribution in [0.1, 0.15) is 33.6 Å². The summed E-state index contributed by atoms with van der Waals surface area (Å²) in [5.74, 6) is 8.79. The van der Waals surface area contributed by atoms with Crippen molar-refractivity contribution in [3.63, 3.8) is 0 Å². The van der Waals surface area contributed by atoms with Gasteiger partial charge in [-0.25, -0.2) is 0 Å².